The molecule has 0 radical (unpaired) electrons. The third kappa shape index (κ3) is 10.9. The van der Waals surface area contributed by atoms with Crippen molar-refractivity contribution in [1.82, 2.24) is 45.5 Å². The van der Waals surface area contributed by atoms with Crippen LogP contribution in [0.3, 0.4) is 0 Å². The summed E-state index contributed by atoms with van der Waals surface area (Å²) in [4.78, 5) is 56.0. The molecule has 0 spiro atoms. The molecule has 4 N–H and O–H groups in total. The molecule has 2 amide bonds. The van der Waals surface area contributed by atoms with Gasteiger partial charge in [-0.2, -0.15) is 9.97 Å². The van der Waals surface area contributed by atoms with Crippen molar-refractivity contribution < 1.29 is 37.8 Å². The van der Waals surface area contributed by atoms with Crippen molar-refractivity contribution in [1.29, 1.82) is 0 Å². The maximum Gasteiger partial charge on any atom is 0.319 e. The number of hydrogen-bond acceptors (Lipinski definition) is 16. The van der Waals surface area contributed by atoms with Gasteiger partial charge in [-0.05, 0) is 112 Å². The van der Waals surface area contributed by atoms with Crippen LogP contribution >= 0.6 is 11.3 Å². The minimum absolute atomic E-state index is 0.0117. The Morgan fingerprint density at radius 1 is 0.951 bits per heavy atom. The zero-order chi connectivity index (χ0) is 56.2. The van der Waals surface area contributed by atoms with Crippen molar-refractivity contribution in [3.8, 4) is 45.8 Å². The number of hydrogen-bond donors (Lipinski definition) is 4. The van der Waals surface area contributed by atoms with E-state index < -0.39 is 29.7 Å². The van der Waals surface area contributed by atoms with E-state index in [4.69, 9.17) is 20.7 Å². The van der Waals surface area contributed by atoms with Gasteiger partial charge in [-0.1, -0.05) is 55.3 Å². The molecular formula is C61H67F2N11O6S. The average molecular weight is 1120 g/mol. The number of β-amino-alcohol motifs (C(OH)–C–C–N with tert-alkyl or cyclic N) is 1. The number of carbonyl (C=O) groups excluding carboxylic acids is 2. The summed E-state index contributed by atoms with van der Waals surface area (Å²) < 4.78 is 44.3. The Labute approximate surface area is 473 Å². The molecule has 422 valence electrons. The van der Waals surface area contributed by atoms with Crippen LogP contribution in [0, 0.1) is 48.7 Å². The number of pyridine rings is 1. The van der Waals surface area contributed by atoms with E-state index in [9.17, 15) is 19.8 Å². The lowest BCUT2D eigenvalue weighted by Gasteiger charge is -2.42. The lowest BCUT2D eigenvalue weighted by atomic mass is 9.83. The number of aliphatic hydroxyl groups excluding tert-OH is 1. The Morgan fingerprint density at radius 3 is 2.43 bits per heavy atom. The molecule has 17 nitrogen and oxygen atoms in total. The van der Waals surface area contributed by atoms with Gasteiger partial charge in [-0.3, -0.25) is 19.5 Å². The number of thiazole rings is 1. The molecule has 4 unspecified atom stereocenters. The number of aliphatic hydroxyl groups is 1. The molecule has 5 fully saturated rings. The van der Waals surface area contributed by atoms with E-state index in [0.29, 0.717) is 66.2 Å². The topological polar surface area (TPSA) is 198 Å². The van der Waals surface area contributed by atoms with Crippen LogP contribution in [0.1, 0.15) is 93.8 Å². The molecule has 7 aromatic rings. The van der Waals surface area contributed by atoms with E-state index in [1.165, 1.54) is 29.2 Å². The third-order valence-electron chi connectivity index (χ3n) is 17.3. The van der Waals surface area contributed by atoms with Crippen molar-refractivity contribution in [3.05, 3.63) is 101 Å². The van der Waals surface area contributed by atoms with Gasteiger partial charge in [0.05, 0.1) is 39.2 Å². The number of nitrogens with one attached hydrogen (secondary N) is 2. The van der Waals surface area contributed by atoms with Gasteiger partial charge in [0, 0.05) is 81.0 Å². The minimum Gasteiger partial charge on any atom is -0.508 e. The smallest absolute Gasteiger partial charge is 0.319 e. The van der Waals surface area contributed by atoms with E-state index in [0.717, 1.165) is 80.0 Å². The standard InChI is InChI=1S/C61H67F2N11O6S/c1-6-45-48(62)14-11-40-22-43(75)23-46(53(40)45)55-54(63)56-47(26-64-55)58(73-29-41-12-13-42(30-73)67-41)69-61(68-56)79-20-19-71-17-15-36(16-18-71)21-37-27-72(28-37)51-25-50(80-70-51)52(33(2)3)60(78)74-31-44(76)24-49(74)59(77)66-34(4)38-7-9-39(10-8-38)57-35(5)65-32-81-57/h1,7-11,14,22-23,25-26,32-34,36-37,41-42,44,49,52,67,75-76H,12-13,15-21,24,27-31H2,2-5H3,(H,66,77)/t34?,41?,42?,44-,49+,52?/m1/s1. The number of terminal acetylenes is 1. The van der Waals surface area contributed by atoms with E-state index >= 15 is 8.78 Å². The van der Waals surface area contributed by atoms with Crippen LogP contribution < -0.4 is 25.2 Å². The average Bonchev–Trinajstić information content (AvgIpc) is 4.36. The van der Waals surface area contributed by atoms with Gasteiger partial charge in [0.25, 0.3) is 0 Å². The Kier molecular flexibility index (Phi) is 15.1. The molecule has 2 bridgehead atoms. The summed E-state index contributed by atoms with van der Waals surface area (Å²) >= 11 is 1.59. The third-order valence-corrected chi connectivity index (χ3v) is 18.3. The number of aromatic hydroxyl groups is 1. The summed E-state index contributed by atoms with van der Waals surface area (Å²) in [6, 6.07) is 14.9. The first kappa shape index (κ1) is 54.3. The number of anilines is 2. The predicted molar refractivity (Wildman–Crippen MR) is 306 cm³/mol. The number of phenols is 1. The first-order chi connectivity index (χ1) is 39.2. The highest BCUT2D eigenvalue weighted by molar-refractivity contribution is 7.13. The lowest BCUT2D eigenvalue weighted by molar-refractivity contribution is -0.141. The maximum absolute atomic E-state index is 17.1. The number of phenolic OH excluding ortho intramolecular Hbond substituents is 1. The van der Waals surface area contributed by atoms with E-state index in [1.807, 2.05) is 63.5 Å². The first-order valence-electron chi connectivity index (χ1n) is 28.3. The normalized spacial score (nSPS) is 21.4. The fourth-order valence-corrected chi connectivity index (χ4v) is 13.8. The van der Waals surface area contributed by atoms with Crippen molar-refractivity contribution >= 4 is 56.5 Å². The van der Waals surface area contributed by atoms with E-state index in [-0.39, 0.29) is 88.3 Å². The summed E-state index contributed by atoms with van der Waals surface area (Å²) in [5.74, 6) is 2.19. The van der Waals surface area contributed by atoms with Gasteiger partial charge < -0.3 is 44.8 Å². The second-order valence-corrected chi connectivity index (χ2v) is 24.0. The van der Waals surface area contributed by atoms with Crippen molar-refractivity contribution in [2.24, 2.45) is 17.8 Å². The number of ether oxygens (including phenoxy) is 1. The number of rotatable bonds is 16. The number of fused-ring (bicyclic) bond motifs is 4. The van der Waals surface area contributed by atoms with Crippen LogP contribution in [0.25, 0.3) is 43.4 Å². The second kappa shape index (κ2) is 22.6. The van der Waals surface area contributed by atoms with Crippen LogP contribution in [0.5, 0.6) is 11.8 Å². The fraction of sp³-hybridized carbons (Fsp3) is 0.459. The molecule has 3 aromatic carbocycles. The van der Waals surface area contributed by atoms with Crippen LogP contribution in [0.15, 0.2) is 70.8 Å². The van der Waals surface area contributed by atoms with Gasteiger partial charge in [-0.15, -0.1) is 17.8 Å². The lowest BCUT2D eigenvalue weighted by Crippen LogP contribution is -2.51. The van der Waals surface area contributed by atoms with Crippen molar-refractivity contribution in [2.75, 3.05) is 68.8 Å². The Hall–Kier alpha value is -7.31. The highest BCUT2D eigenvalue weighted by Gasteiger charge is 2.44. The molecule has 0 saturated carbocycles. The molecule has 6 atom stereocenters. The highest BCUT2D eigenvalue weighted by Crippen LogP contribution is 2.41. The van der Waals surface area contributed by atoms with Crippen LogP contribution in [-0.2, 0) is 9.59 Å². The van der Waals surface area contributed by atoms with Crippen LogP contribution in [-0.4, -0.2) is 140 Å². The van der Waals surface area contributed by atoms with E-state index in [2.05, 4.69) is 51.4 Å². The van der Waals surface area contributed by atoms with Gasteiger partial charge in [0.15, 0.2) is 17.4 Å². The maximum atomic E-state index is 17.1. The van der Waals surface area contributed by atoms with Crippen molar-refractivity contribution in [3.63, 3.8) is 0 Å². The summed E-state index contributed by atoms with van der Waals surface area (Å²) in [7, 11) is 0. The largest absolute Gasteiger partial charge is 0.508 e. The zero-order valence-electron chi connectivity index (χ0n) is 45.9. The number of amides is 2. The van der Waals surface area contributed by atoms with Gasteiger partial charge in [0.2, 0.25) is 11.8 Å². The molecule has 5 aliphatic heterocycles. The van der Waals surface area contributed by atoms with Gasteiger partial charge in [0.1, 0.15) is 47.2 Å². The van der Waals surface area contributed by atoms with Crippen LogP contribution in [0.2, 0.25) is 0 Å². The van der Waals surface area contributed by atoms with Crippen molar-refractivity contribution in [2.45, 2.75) is 102 Å². The second-order valence-electron chi connectivity index (χ2n) is 23.2. The monoisotopic (exact) mass is 1120 g/mol. The predicted octanol–water partition coefficient (Wildman–Crippen LogP) is 8.37. The molecule has 5 saturated heterocycles. The molecule has 9 heterocycles. The number of piperidine rings is 1. The number of benzene rings is 3. The summed E-state index contributed by atoms with van der Waals surface area (Å²) in [6.07, 6.45) is 11.9. The number of aryl methyl sites for hydroxylation is 1. The fourth-order valence-electron chi connectivity index (χ4n) is 13.0. The zero-order valence-corrected chi connectivity index (χ0v) is 46.8. The number of halogens is 2. The molecule has 12 rings (SSSR count). The highest BCUT2D eigenvalue weighted by atomic mass is 32.1. The van der Waals surface area contributed by atoms with E-state index in [1.54, 1.807) is 17.5 Å². The summed E-state index contributed by atoms with van der Waals surface area (Å²) in [6.45, 7) is 13.7. The quantitative estimate of drug-likeness (QED) is 0.0673. The van der Waals surface area contributed by atoms with Gasteiger partial charge in [-0.25, -0.2) is 13.8 Å². The molecular weight excluding hydrogens is 1050 g/mol. The summed E-state index contributed by atoms with van der Waals surface area (Å²) in [5, 5.41) is 33.8. The summed E-state index contributed by atoms with van der Waals surface area (Å²) in [5.41, 5.74) is 4.79. The molecule has 81 heavy (non-hydrogen) atoms. The van der Waals surface area contributed by atoms with Crippen LogP contribution in [0.4, 0.5) is 20.4 Å². The minimum atomic E-state index is -0.827. The molecule has 4 aromatic heterocycles. The Bertz CT molecular complexity index is 3530. The molecule has 5 aliphatic rings. The number of piperazine rings is 1. The SMILES string of the molecule is C#Cc1c(F)ccc2cc(O)cc(-c3ncc4c(N5CC6CCC(C5)N6)nc(OCCN5CCC(CC6CN(c7cc(C(C(=O)N8C[C@H](O)C[C@H]8C(=O)NC(C)c8ccc(-c9scnc9C)cc8)C(C)C)on7)C6)CC5)nc4c3F)c12. The number of aromatic nitrogens is 5. The molecule has 20 heteroatoms. The Balaban J connectivity index is 0.644. The first-order valence-corrected chi connectivity index (χ1v) is 29.2. The number of likely N-dealkylation sites (tertiary alicyclic amines) is 2. The van der Waals surface area contributed by atoms with Gasteiger partial charge >= 0.3 is 6.01 Å². The molecule has 0 aliphatic carbocycles. The number of nitrogens with zero attached hydrogens (tertiary/aromatic N) is 9. The Morgan fingerprint density at radius 2 is 1.72 bits per heavy atom. The number of carbonyl (C=O) groups is 2.